The van der Waals surface area contributed by atoms with Gasteiger partial charge in [0.05, 0.1) is 5.56 Å². The van der Waals surface area contributed by atoms with Crippen molar-refractivity contribution in [2.75, 3.05) is 19.6 Å². The maximum Gasteiger partial charge on any atom is 0.252 e. The zero-order valence-corrected chi connectivity index (χ0v) is 13.5. The van der Waals surface area contributed by atoms with Crippen molar-refractivity contribution in [2.45, 2.75) is 38.5 Å². The Bertz CT molecular complexity index is 513. The van der Waals surface area contributed by atoms with Gasteiger partial charge in [-0.15, -0.1) is 0 Å². The number of rotatable bonds is 7. The molecule has 23 heavy (non-hydrogen) atoms. The van der Waals surface area contributed by atoms with E-state index in [0.717, 1.165) is 25.7 Å². The Labute approximate surface area is 137 Å². The molecule has 1 aliphatic rings. The molecule has 126 valence electrons. The van der Waals surface area contributed by atoms with Gasteiger partial charge in [0, 0.05) is 31.9 Å². The molecule has 0 atom stereocenters. The van der Waals surface area contributed by atoms with Crippen LogP contribution in [0.25, 0.3) is 0 Å². The van der Waals surface area contributed by atoms with Crippen LogP contribution in [0.2, 0.25) is 0 Å². The third-order valence-electron chi connectivity index (χ3n) is 4.54. The van der Waals surface area contributed by atoms with E-state index in [1.54, 1.807) is 18.3 Å². The van der Waals surface area contributed by atoms with E-state index in [1.165, 1.54) is 12.6 Å². The maximum atomic E-state index is 12.1. The Kier molecular flexibility index (Phi) is 6.52. The van der Waals surface area contributed by atoms with E-state index in [1.807, 2.05) is 0 Å². The molecule has 0 spiro atoms. The summed E-state index contributed by atoms with van der Waals surface area (Å²) in [6, 6.07) is 3.42. The molecule has 2 amide bonds. The van der Waals surface area contributed by atoms with E-state index in [0.29, 0.717) is 31.6 Å². The summed E-state index contributed by atoms with van der Waals surface area (Å²) in [5.41, 5.74) is 6.39. The van der Waals surface area contributed by atoms with Gasteiger partial charge in [-0.25, -0.2) is 0 Å². The fourth-order valence-corrected chi connectivity index (χ4v) is 3.14. The highest BCUT2D eigenvalue weighted by Crippen LogP contribution is 2.38. The number of aromatic nitrogens is 1. The lowest BCUT2D eigenvalue weighted by Crippen LogP contribution is -2.40. The van der Waals surface area contributed by atoms with E-state index in [9.17, 15) is 9.59 Å². The average molecular weight is 318 g/mol. The summed E-state index contributed by atoms with van der Waals surface area (Å²) in [7, 11) is 0. The average Bonchev–Trinajstić information content (AvgIpc) is 2.60. The standard InChI is InChI=1S/C17H26N4O2/c18-13-17(6-2-1-3-7-17)11-15(22)20-9-10-21-16(23)14-5-4-8-19-12-14/h4-5,8,12H,1-3,6-7,9-11,13,18H2,(H,20,22)(H,21,23). The zero-order valence-electron chi connectivity index (χ0n) is 13.5. The predicted molar refractivity (Wildman–Crippen MR) is 88.8 cm³/mol. The monoisotopic (exact) mass is 318 g/mol. The second-order valence-corrected chi connectivity index (χ2v) is 6.29. The minimum atomic E-state index is -0.182. The van der Waals surface area contributed by atoms with Crippen LogP contribution in [0.5, 0.6) is 0 Å². The van der Waals surface area contributed by atoms with Crippen molar-refractivity contribution in [3.63, 3.8) is 0 Å². The van der Waals surface area contributed by atoms with Crippen molar-refractivity contribution in [3.8, 4) is 0 Å². The Morgan fingerprint density at radius 3 is 2.57 bits per heavy atom. The van der Waals surface area contributed by atoms with Gasteiger partial charge < -0.3 is 16.4 Å². The van der Waals surface area contributed by atoms with Gasteiger partial charge in [-0.2, -0.15) is 0 Å². The van der Waals surface area contributed by atoms with E-state index in [-0.39, 0.29) is 17.2 Å². The molecule has 0 unspecified atom stereocenters. The van der Waals surface area contributed by atoms with Gasteiger partial charge in [-0.3, -0.25) is 14.6 Å². The van der Waals surface area contributed by atoms with Crippen LogP contribution in [-0.4, -0.2) is 36.4 Å². The first kappa shape index (κ1) is 17.4. The zero-order chi connectivity index (χ0) is 16.5. The molecule has 0 saturated heterocycles. The molecule has 4 N–H and O–H groups in total. The Morgan fingerprint density at radius 2 is 1.91 bits per heavy atom. The van der Waals surface area contributed by atoms with Crippen LogP contribution in [0.3, 0.4) is 0 Å². The summed E-state index contributed by atoms with van der Waals surface area (Å²) >= 11 is 0. The number of carbonyl (C=O) groups excluding carboxylic acids is 2. The van der Waals surface area contributed by atoms with Gasteiger partial charge in [-0.05, 0) is 36.9 Å². The number of pyridine rings is 1. The van der Waals surface area contributed by atoms with Gasteiger partial charge in [0.25, 0.3) is 5.91 Å². The number of hydrogen-bond acceptors (Lipinski definition) is 4. The molecular formula is C17H26N4O2. The van der Waals surface area contributed by atoms with Crippen molar-refractivity contribution in [2.24, 2.45) is 11.1 Å². The lowest BCUT2D eigenvalue weighted by atomic mass is 9.71. The van der Waals surface area contributed by atoms with Gasteiger partial charge in [0.15, 0.2) is 0 Å². The number of nitrogens with two attached hydrogens (primary N) is 1. The largest absolute Gasteiger partial charge is 0.354 e. The molecule has 0 aliphatic heterocycles. The molecule has 1 fully saturated rings. The molecule has 1 heterocycles. The summed E-state index contributed by atoms with van der Waals surface area (Å²) in [5, 5.41) is 5.63. The molecule has 1 aromatic heterocycles. The van der Waals surface area contributed by atoms with Crippen molar-refractivity contribution >= 4 is 11.8 Å². The van der Waals surface area contributed by atoms with Crippen LogP contribution in [0.4, 0.5) is 0 Å². The molecule has 1 aromatic rings. The number of nitrogens with one attached hydrogen (secondary N) is 2. The first-order chi connectivity index (χ1) is 11.2. The van der Waals surface area contributed by atoms with Crippen molar-refractivity contribution in [1.29, 1.82) is 0 Å². The first-order valence-corrected chi connectivity index (χ1v) is 8.30. The number of hydrogen-bond donors (Lipinski definition) is 3. The highest BCUT2D eigenvalue weighted by Gasteiger charge is 2.32. The Hall–Kier alpha value is -1.95. The Balaban J connectivity index is 1.67. The fourth-order valence-electron chi connectivity index (χ4n) is 3.14. The third kappa shape index (κ3) is 5.32. The summed E-state index contributed by atoms with van der Waals surface area (Å²) < 4.78 is 0. The molecule has 2 rings (SSSR count). The highest BCUT2D eigenvalue weighted by molar-refractivity contribution is 5.93. The first-order valence-electron chi connectivity index (χ1n) is 8.30. The van der Waals surface area contributed by atoms with Crippen molar-refractivity contribution in [1.82, 2.24) is 15.6 Å². The van der Waals surface area contributed by atoms with Crippen molar-refractivity contribution in [3.05, 3.63) is 30.1 Å². The quantitative estimate of drug-likeness (QED) is 0.659. The predicted octanol–water partition coefficient (Wildman–Crippen LogP) is 1.23. The summed E-state index contributed by atoms with van der Waals surface area (Å²) in [6.07, 6.45) is 9.25. The van der Waals surface area contributed by atoms with Crippen LogP contribution in [0.15, 0.2) is 24.5 Å². The smallest absolute Gasteiger partial charge is 0.252 e. The van der Waals surface area contributed by atoms with Crippen LogP contribution in [0.1, 0.15) is 48.9 Å². The summed E-state index contributed by atoms with van der Waals surface area (Å²) in [6.45, 7) is 1.39. The van der Waals surface area contributed by atoms with Crippen LogP contribution in [0, 0.1) is 5.41 Å². The van der Waals surface area contributed by atoms with E-state index < -0.39 is 0 Å². The molecule has 0 bridgehead atoms. The lowest BCUT2D eigenvalue weighted by Gasteiger charge is -2.35. The van der Waals surface area contributed by atoms with E-state index in [4.69, 9.17) is 5.73 Å². The molecule has 6 heteroatoms. The third-order valence-corrected chi connectivity index (χ3v) is 4.54. The lowest BCUT2D eigenvalue weighted by molar-refractivity contribution is -0.123. The topological polar surface area (TPSA) is 97.1 Å². The second-order valence-electron chi connectivity index (χ2n) is 6.29. The normalized spacial score (nSPS) is 16.6. The summed E-state index contributed by atoms with van der Waals surface area (Å²) in [5.74, 6) is -0.161. The summed E-state index contributed by atoms with van der Waals surface area (Å²) in [4.78, 5) is 27.8. The van der Waals surface area contributed by atoms with Gasteiger partial charge >= 0.3 is 0 Å². The molecule has 0 radical (unpaired) electrons. The SMILES string of the molecule is NCC1(CC(=O)NCCNC(=O)c2cccnc2)CCCCC1. The van der Waals surface area contributed by atoms with E-state index in [2.05, 4.69) is 15.6 Å². The van der Waals surface area contributed by atoms with Gasteiger partial charge in [-0.1, -0.05) is 19.3 Å². The molecule has 0 aromatic carbocycles. The molecule has 1 aliphatic carbocycles. The van der Waals surface area contributed by atoms with Crippen molar-refractivity contribution < 1.29 is 9.59 Å². The number of amides is 2. The van der Waals surface area contributed by atoms with Crippen LogP contribution in [-0.2, 0) is 4.79 Å². The van der Waals surface area contributed by atoms with Crippen LogP contribution >= 0.6 is 0 Å². The molecule has 1 saturated carbocycles. The minimum absolute atomic E-state index is 0.0213. The maximum absolute atomic E-state index is 12.1. The van der Waals surface area contributed by atoms with Crippen LogP contribution < -0.4 is 16.4 Å². The number of nitrogens with zero attached hydrogens (tertiary/aromatic N) is 1. The minimum Gasteiger partial charge on any atom is -0.354 e. The van der Waals surface area contributed by atoms with Gasteiger partial charge in [0.2, 0.25) is 5.91 Å². The molecule has 6 nitrogen and oxygen atoms in total. The second kappa shape index (κ2) is 8.62. The molecular weight excluding hydrogens is 292 g/mol. The Morgan fingerprint density at radius 1 is 1.17 bits per heavy atom. The van der Waals surface area contributed by atoms with Gasteiger partial charge in [0.1, 0.15) is 0 Å². The highest BCUT2D eigenvalue weighted by atomic mass is 16.2. The number of carbonyl (C=O) groups is 2. The fraction of sp³-hybridized carbons (Fsp3) is 0.588. The van der Waals surface area contributed by atoms with E-state index >= 15 is 0 Å².